The van der Waals surface area contributed by atoms with Crippen molar-refractivity contribution in [3.8, 4) is 0 Å². The molecule has 1 aliphatic heterocycles. The maximum atomic E-state index is 12.0. The highest BCUT2D eigenvalue weighted by Gasteiger charge is 2.41. The van der Waals surface area contributed by atoms with E-state index in [-0.39, 0.29) is 11.4 Å². The number of nitrogens with zero attached hydrogens (tertiary/aromatic N) is 1. The highest BCUT2D eigenvalue weighted by molar-refractivity contribution is 9.09. The van der Waals surface area contributed by atoms with Crippen molar-refractivity contribution in [3.63, 3.8) is 0 Å². The van der Waals surface area contributed by atoms with Gasteiger partial charge in [-0.3, -0.25) is 9.59 Å². The molecule has 0 saturated heterocycles. The van der Waals surface area contributed by atoms with Crippen molar-refractivity contribution in [2.24, 2.45) is 0 Å². The third-order valence-corrected chi connectivity index (χ3v) is 3.48. The van der Waals surface area contributed by atoms with Crippen molar-refractivity contribution >= 4 is 27.6 Å². The van der Waals surface area contributed by atoms with Crippen LogP contribution in [0.4, 0.5) is 0 Å². The minimum Gasteiger partial charge on any atom is -0.503 e. The van der Waals surface area contributed by atoms with E-state index in [9.17, 15) is 14.7 Å². The van der Waals surface area contributed by atoms with Gasteiger partial charge in [0.15, 0.2) is 11.5 Å². The number of halogens is 1. The molecule has 5 heteroatoms. The predicted molar refractivity (Wildman–Crippen MR) is 75.0 cm³/mol. The van der Waals surface area contributed by atoms with E-state index in [4.69, 9.17) is 0 Å². The first-order valence-corrected chi connectivity index (χ1v) is 7.06. The molecule has 1 aromatic carbocycles. The van der Waals surface area contributed by atoms with E-state index >= 15 is 0 Å². The molecule has 4 nitrogen and oxygen atoms in total. The lowest BCUT2D eigenvalue weighted by Crippen LogP contribution is -2.32. The van der Waals surface area contributed by atoms with Crippen LogP contribution in [0.25, 0.3) is 0 Å². The molecule has 1 amide bonds. The molecule has 0 saturated carbocycles. The molecule has 19 heavy (non-hydrogen) atoms. The van der Waals surface area contributed by atoms with Gasteiger partial charge in [0.25, 0.3) is 5.91 Å². The zero-order valence-electron chi connectivity index (χ0n) is 10.5. The molecular formula is C14H14BrNO3. The first kappa shape index (κ1) is 13.8. The summed E-state index contributed by atoms with van der Waals surface area (Å²) in [5.74, 6) is -1.20. The minimum atomic E-state index is -0.497. The second-order valence-corrected chi connectivity index (χ2v) is 5.11. The van der Waals surface area contributed by atoms with Crippen LogP contribution in [0, 0.1) is 0 Å². The van der Waals surface area contributed by atoms with E-state index in [1.54, 1.807) is 0 Å². The molecule has 1 heterocycles. The third-order valence-electron chi connectivity index (χ3n) is 3.12. The lowest BCUT2D eigenvalue weighted by atomic mass is 9.97. The Balaban J connectivity index is 2.51. The Labute approximate surface area is 119 Å². The van der Waals surface area contributed by atoms with Gasteiger partial charge in [-0.15, -0.1) is 0 Å². The van der Waals surface area contributed by atoms with Gasteiger partial charge in [-0.1, -0.05) is 46.3 Å². The van der Waals surface area contributed by atoms with Crippen molar-refractivity contribution < 1.29 is 14.7 Å². The van der Waals surface area contributed by atoms with Crippen molar-refractivity contribution in [3.05, 3.63) is 47.2 Å². The zero-order valence-corrected chi connectivity index (χ0v) is 12.1. The molecule has 0 spiro atoms. The standard InChI is InChI=1S/C14H14BrNO3/c1-9(17)11-12(10-5-3-2-4-6-10)16(8-7-15)14(19)13(11)18/h2-6,12,18H,7-8H2,1H3/t12-/m0/s1. The van der Waals surface area contributed by atoms with E-state index in [0.717, 1.165) is 5.56 Å². The van der Waals surface area contributed by atoms with Crippen LogP contribution in [0.1, 0.15) is 18.5 Å². The Kier molecular flexibility index (Phi) is 4.04. The maximum absolute atomic E-state index is 12.0. The van der Waals surface area contributed by atoms with Gasteiger partial charge in [0.05, 0.1) is 11.6 Å². The third kappa shape index (κ3) is 2.42. The fraction of sp³-hybridized carbons (Fsp3) is 0.286. The van der Waals surface area contributed by atoms with Gasteiger partial charge in [0.1, 0.15) is 0 Å². The molecule has 0 aliphatic carbocycles. The van der Waals surface area contributed by atoms with E-state index in [2.05, 4.69) is 15.9 Å². The van der Waals surface area contributed by atoms with Gasteiger partial charge in [-0.05, 0) is 12.5 Å². The van der Waals surface area contributed by atoms with Crippen LogP contribution in [-0.2, 0) is 9.59 Å². The topological polar surface area (TPSA) is 57.6 Å². The van der Waals surface area contributed by atoms with Crippen LogP contribution in [0.2, 0.25) is 0 Å². The summed E-state index contributed by atoms with van der Waals surface area (Å²) < 4.78 is 0. The fourth-order valence-corrected chi connectivity index (χ4v) is 2.70. The molecule has 0 radical (unpaired) electrons. The van der Waals surface area contributed by atoms with Gasteiger partial charge >= 0.3 is 0 Å². The molecular weight excluding hydrogens is 310 g/mol. The Morgan fingerprint density at radius 3 is 2.53 bits per heavy atom. The molecule has 100 valence electrons. The Bertz CT molecular complexity index is 539. The van der Waals surface area contributed by atoms with Gasteiger partial charge in [0.2, 0.25) is 0 Å². The molecule has 0 aromatic heterocycles. The minimum absolute atomic E-state index is 0.178. The molecule has 0 bridgehead atoms. The molecule has 1 N–H and O–H groups in total. The van der Waals surface area contributed by atoms with Crippen LogP contribution in [0.3, 0.4) is 0 Å². The number of alkyl halides is 1. The number of benzene rings is 1. The number of aliphatic hydroxyl groups is 1. The molecule has 1 atom stereocenters. The summed E-state index contributed by atoms with van der Waals surface area (Å²) in [6.07, 6.45) is 0. The monoisotopic (exact) mass is 323 g/mol. The zero-order chi connectivity index (χ0) is 14.0. The summed E-state index contributed by atoms with van der Waals surface area (Å²) in [5.41, 5.74) is 1.00. The number of rotatable bonds is 4. The van der Waals surface area contributed by atoms with E-state index in [1.807, 2.05) is 30.3 Å². The van der Waals surface area contributed by atoms with Crippen molar-refractivity contribution in [1.29, 1.82) is 0 Å². The number of amides is 1. The lowest BCUT2D eigenvalue weighted by Gasteiger charge is -2.25. The number of Topliss-reactive ketones (excluding diaryl/α,β-unsaturated/α-hetero) is 1. The van der Waals surface area contributed by atoms with Gasteiger partial charge < -0.3 is 10.0 Å². The highest BCUT2D eigenvalue weighted by atomic mass is 79.9. The van der Waals surface area contributed by atoms with Gasteiger partial charge in [-0.25, -0.2) is 0 Å². The second-order valence-electron chi connectivity index (χ2n) is 4.32. The molecule has 1 aromatic rings. The maximum Gasteiger partial charge on any atom is 0.290 e. The van der Waals surface area contributed by atoms with E-state index < -0.39 is 17.7 Å². The predicted octanol–water partition coefficient (Wildman–Crippen LogP) is 2.37. The summed E-state index contributed by atoms with van der Waals surface area (Å²) in [6, 6.07) is 8.76. The largest absolute Gasteiger partial charge is 0.503 e. The van der Waals surface area contributed by atoms with Crippen LogP contribution in [0.5, 0.6) is 0 Å². The Hall–Kier alpha value is -1.62. The second kappa shape index (κ2) is 5.57. The van der Waals surface area contributed by atoms with Gasteiger partial charge in [0, 0.05) is 11.9 Å². The number of hydrogen-bond donors (Lipinski definition) is 1. The van der Waals surface area contributed by atoms with E-state index in [1.165, 1.54) is 11.8 Å². The van der Waals surface area contributed by atoms with Crippen LogP contribution in [-0.4, -0.2) is 33.6 Å². The van der Waals surface area contributed by atoms with Crippen LogP contribution < -0.4 is 0 Å². The average Bonchev–Trinajstić information content (AvgIpc) is 2.65. The van der Waals surface area contributed by atoms with E-state index in [0.29, 0.717) is 11.9 Å². The summed E-state index contributed by atoms with van der Waals surface area (Å²) in [7, 11) is 0. The molecule has 1 aliphatic rings. The number of carbonyl (C=O) groups is 2. The quantitative estimate of drug-likeness (QED) is 0.865. The lowest BCUT2D eigenvalue weighted by molar-refractivity contribution is -0.129. The van der Waals surface area contributed by atoms with Crippen molar-refractivity contribution in [2.45, 2.75) is 13.0 Å². The summed E-state index contributed by atoms with van der Waals surface area (Å²) in [4.78, 5) is 25.3. The smallest absolute Gasteiger partial charge is 0.290 e. The van der Waals surface area contributed by atoms with Crippen molar-refractivity contribution in [1.82, 2.24) is 4.90 Å². The highest BCUT2D eigenvalue weighted by Crippen LogP contribution is 2.37. The van der Waals surface area contributed by atoms with Crippen molar-refractivity contribution in [2.75, 3.05) is 11.9 Å². The molecule has 2 rings (SSSR count). The van der Waals surface area contributed by atoms with Gasteiger partial charge in [-0.2, -0.15) is 0 Å². The molecule has 0 unspecified atom stereocenters. The first-order valence-electron chi connectivity index (χ1n) is 5.94. The van der Waals surface area contributed by atoms with Crippen LogP contribution in [0.15, 0.2) is 41.7 Å². The number of hydrogen-bond acceptors (Lipinski definition) is 3. The first-order chi connectivity index (χ1) is 9.07. The Morgan fingerprint density at radius 1 is 1.37 bits per heavy atom. The van der Waals surface area contributed by atoms with Crippen LogP contribution >= 0.6 is 15.9 Å². The SMILES string of the molecule is CC(=O)C1=C(O)C(=O)N(CCBr)[C@H]1c1ccccc1. The number of carbonyl (C=O) groups excluding carboxylic acids is 2. The summed E-state index contributed by atoms with van der Waals surface area (Å²) in [6.45, 7) is 1.80. The average molecular weight is 324 g/mol. The summed E-state index contributed by atoms with van der Waals surface area (Å²) in [5, 5.41) is 10.5. The molecule has 0 fully saturated rings. The number of aliphatic hydroxyl groups excluding tert-OH is 1. The number of ketones is 1. The normalized spacial score (nSPS) is 19.2. The fourth-order valence-electron chi connectivity index (χ4n) is 2.32. The Morgan fingerprint density at radius 2 is 2.00 bits per heavy atom. The summed E-state index contributed by atoms with van der Waals surface area (Å²) >= 11 is 3.28.